The second-order valence-corrected chi connectivity index (χ2v) is 5.28. The largest absolute Gasteiger partial charge is 0.397 e. The van der Waals surface area contributed by atoms with E-state index in [1.165, 1.54) is 11.3 Å². The molecule has 7 heteroatoms. The summed E-state index contributed by atoms with van der Waals surface area (Å²) < 4.78 is 0. The molecule has 0 saturated carbocycles. The van der Waals surface area contributed by atoms with Gasteiger partial charge in [-0.15, -0.1) is 11.3 Å². The van der Waals surface area contributed by atoms with Crippen LogP contribution in [0.5, 0.6) is 0 Å². The number of nitrogens with zero attached hydrogens (tertiary/aromatic N) is 2. The molecule has 4 heterocycles. The monoisotopic (exact) mass is 283 g/mol. The van der Waals surface area contributed by atoms with Gasteiger partial charge < -0.3 is 15.7 Å². The van der Waals surface area contributed by atoms with Crippen molar-refractivity contribution in [1.82, 2.24) is 19.9 Å². The topological polar surface area (TPSA) is 100 Å². The molecule has 0 aliphatic carbocycles. The Balaban J connectivity index is 2.08. The van der Waals surface area contributed by atoms with Gasteiger partial charge in [-0.1, -0.05) is 0 Å². The number of hydrogen-bond acceptors (Lipinski definition) is 5. The number of aromatic nitrogens is 4. The van der Waals surface area contributed by atoms with Crippen LogP contribution in [-0.4, -0.2) is 19.9 Å². The van der Waals surface area contributed by atoms with Crippen LogP contribution in [0.25, 0.3) is 32.8 Å². The molecule has 0 atom stereocenters. The number of pyridine rings is 2. The number of aromatic amines is 2. The van der Waals surface area contributed by atoms with Gasteiger partial charge in [0.1, 0.15) is 16.2 Å². The summed E-state index contributed by atoms with van der Waals surface area (Å²) in [6.45, 7) is 0. The molecule has 0 fully saturated rings. The lowest BCUT2D eigenvalue weighted by Crippen LogP contribution is -2.12. The lowest BCUT2D eigenvalue weighted by Gasteiger charge is -2.02. The highest BCUT2D eigenvalue weighted by molar-refractivity contribution is 7.16. The van der Waals surface area contributed by atoms with E-state index in [9.17, 15) is 4.79 Å². The van der Waals surface area contributed by atoms with Crippen LogP contribution in [0.3, 0.4) is 0 Å². The van der Waals surface area contributed by atoms with Crippen LogP contribution in [0.15, 0.2) is 34.6 Å². The van der Waals surface area contributed by atoms with Crippen molar-refractivity contribution >= 4 is 38.4 Å². The number of nitrogens with one attached hydrogen (secondary N) is 2. The van der Waals surface area contributed by atoms with E-state index in [0.717, 1.165) is 15.7 Å². The molecule has 4 aromatic heterocycles. The van der Waals surface area contributed by atoms with E-state index < -0.39 is 0 Å². The number of thiophene rings is 1. The Kier molecular flexibility index (Phi) is 2.19. The fourth-order valence-corrected chi connectivity index (χ4v) is 3.04. The Morgan fingerprint density at radius 3 is 3.00 bits per heavy atom. The summed E-state index contributed by atoms with van der Waals surface area (Å²) in [7, 11) is 0. The van der Waals surface area contributed by atoms with E-state index in [1.54, 1.807) is 12.3 Å². The molecule has 0 aliphatic rings. The van der Waals surface area contributed by atoms with Crippen LogP contribution < -0.4 is 11.3 Å². The van der Waals surface area contributed by atoms with Crippen molar-refractivity contribution in [3.63, 3.8) is 0 Å². The summed E-state index contributed by atoms with van der Waals surface area (Å²) in [6, 6.07) is 5.54. The predicted molar refractivity (Wildman–Crippen MR) is 79.7 cm³/mol. The van der Waals surface area contributed by atoms with Crippen LogP contribution in [0.2, 0.25) is 0 Å². The van der Waals surface area contributed by atoms with Gasteiger partial charge in [0.25, 0.3) is 5.56 Å². The van der Waals surface area contributed by atoms with Crippen molar-refractivity contribution in [3.8, 4) is 11.4 Å². The van der Waals surface area contributed by atoms with E-state index in [-0.39, 0.29) is 5.56 Å². The van der Waals surface area contributed by atoms with Gasteiger partial charge in [-0.2, -0.15) is 0 Å². The maximum absolute atomic E-state index is 12.2. The van der Waals surface area contributed by atoms with Crippen LogP contribution in [0, 0.1) is 0 Å². The number of fused-ring (bicyclic) bond motifs is 2. The summed E-state index contributed by atoms with van der Waals surface area (Å²) in [5.74, 6) is 0.436. The van der Waals surface area contributed by atoms with Gasteiger partial charge in [-0.25, -0.2) is 9.97 Å². The molecule has 98 valence electrons. The molecule has 0 unspecified atom stereocenters. The Morgan fingerprint density at radius 2 is 2.15 bits per heavy atom. The molecule has 4 aromatic rings. The molecular formula is C13H9N5OS. The van der Waals surface area contributed by atoms with Gasteiger partial charge in [0.05, 0.1) is 11.2 Å². The molecule has 0 aromatic carbocycles. The van der Waals surface area contributed by atoms with Gasteiger partial charge in [0.2, 0.25) is 0 Å². The minimum atomic E-state index is -0.253. The normalized spacial score (nSPS) is 11.4. The third-order valence-electron chi connectivity index (χ3n) is 3.17. The van der Waals surface area contributed by atoms with E-state index in [0.29, 0.717) is 22.7 Å². The third-order valence-corrected chi connectivity index (χ3v) is 4.00. The van der Waals surface area contributed by atoms with Crippen LogP contribution in [-0.2, 0) is 0 Å². The second kappa shape index (κ2) is 3.91. The fraction of sp³-hybridized carbons (Fsp3) is 0. The van der Waals surface area contributed by atoms with Gasteiger partial charge in [-0.3, -0.25) is 4.79 Å². The zero-order valence-electron chi connectivity index (χ0n) is 10.2. The zero-order chi connectivity index (χ0) is 13.7. The first-order chi connectivity index (χ1) is 9.74. The maximum Gasteiger partial charge on any atom is 0.262 e. The van der Waals surface area contributed by atoms with E-state index in [2.05, 4.69) is 19.9 Å². The van der Waals surface area contributed by atoms with Crippen molar-refractivity contribution in [3.05, 3.63) is 40.1 Å². The molecule has 0 aliphatic heterocycles. The number of anilines is 1. The first-order valence-electron chi connectivity index (χ1n) is 5.94. The van der Waals surface area contributed by atoms with Gasteiger partial charge >= 0.3 is 0 Å². The second-order valence-electron chi connectivity index (χ2n) is 4.37. The summed E-state index contributed by atoms with van der Waals surface area (Å²) in [6.07, 6.45) is 1.66. The number of H-pyrrole nitrogens is 2. The quantitative estimate of drug-likeness (QED) is 0.498. The number of nitrogen functional groups attached to an aromatic ring is 1. The lowest BCUT2D eigenvalue weighted by molar-refractivity contribution is 1.25. The summed E-state index contributed by atoms with van der Waals surface area (Å²) in [5, 5.41) is 2.72. The molecule has 0 saturated heterocycles. The van der Waals surface area contributed by atoms with Crippen LogP contribution >= 0.6 is 11.3 Å². The van der Waals surface area contributed by atoms with Crippen molar-refractivity contribution in [2.24, 2.45) is 0 Å². The van der Waals surface area contributed by atoms with E-state index >= 15 is 0 Å². The summed E-state index contributed by atoms with van der Waals surface area (Å²) >= 11 is 1.45. The Labute approximate surface area is 116 Å². The van der Waals surface area contributed by atoms with E-state index in [1.807, 2.05) is 17.5 Å². The number of nitrogens with two attached hydrogens (primary N) is 1. The molecule has 6 nitrogen and oxygen atoms in total. The van der Waals surface area contributed by atoms with Crippen molar-refractivity contribution in [2.75, 3.05) is 5.73 Å². The highest BCUT2D eigenvalue weighted by Gasteiger charge is 2.16. The molecule has 4 N–H and O–H groups in total. The first kappa shape index (κ1) is 11.2. The van der Waals surface area contributed by atoms with Crippen molar-refractivity contribution < 1.29 is 0 Å². The molecule has 0 spiro atoms. The lowest BCUT2D eigenvalue weighted by atomic mass is 10.2. The Hall–Kier alpha value is -2.67. The first-order valence-corrected chi connectivity index (χ1v) is 6.82. The minimum Gasteiger partial charge on any atom is -0.397 e. The predicted octanol–water partition coefficient (Wildman–Crippen LogP) is 2.11. The molecular weight excluding hydrogens is 274 g/mol. The fourth-order valence-electron chi connectivity index (χ4n) is 2.24. The summed E-state index contributed by atoms with van der Waals surface area (Å²) in [5.41, 5.74) is 7.99. The van der Waals surface area contributed by atoms with Crippen LogP contribution in [0.4, 0.5) is 5.69 Å². The highest BCUT2D eigenvalue weighted by Crippen LogP contribution is 2.29. The Morgan fingerprint density at radius 1 is 1.25 bits per heavy atom. The van der Waals surface area contributed by atoms with Crippen molar-refractivity contribution in [1.29, 1.82) is 0 Å². The van der Waals surface area contributed by atoms with Gasteiger partial charge in [0.15, 0.2) is 5.65 Å². The Bertz CT molecular complexity index is 964. The third kappa shape index (κ3) is 1.47. The van der Waals surface area contributed by atoms with Gasteiger partial charge in [0, 0.05) is 11.6 Å². The number of imidazole rings is 1. The highest BCUT2D eigenvalue weighted by atomic mass is 32.1. The number of rotatable bonds is 1. The molecule has 4 rings (SSSR count). The zero-order valence-corrected chi connectivity index (χ0v) is 11.0. The molecule has 0 amide bonds. The van der Waals surface area contributed by atoms with Gasteiger partial charge in [-0.05, 0) is 23.6 Å². The average molecular weight is 283 g/mol. The SMILES string of the molecule is Nc1c(-c2nc3ncccc3[nH]2)c(=O)[nH]c2sccc12. The van der Waals surface area contributed by atoms with E-state index in [4.69, 9.17) is 5.73 Å². The standard InChI is InChI=1S/C13H9N5OS/c14-9-6-3-5-20-13(6)18-12(19)8(9)11-16-7-2-1-4-15-10(7)17-11/h1-5H,(H3,14,18,19)(H,15,16,17). The smallest absolute Gasteiger partial charge is 0.262 e. The van der Waals surface area contributed by atoms with Crippen LogP contribution in [0.1, 0.15) is 0 Å². The summed E-state index contributed by atoms with van der Waals surface area (Å²) in [4.78, 5) is 27.4. The minimum absolute atomic E-state index is 0.253. The molecule has 0 radical (unpaired) electrons. The number of hydrogen-bond donors (Lipinski definition) is 3. The maximum atomic E-state index is 12.2. The molecule has 20 heavy (non-hydrogen) atoms. The average Bonchev–Trinajstić information content (AvgIpc) is 3.04. The van der Waals surface area contributed by atoms with Crippen molar-refractivity contribution in [2.45, 2.75) is 0 Å². The molecule has 0 bridgehead atoms.